The molecule has 90 valence electrons. The first-order valence-electron chi connectivity index (χ1n) is 5.72. The first-order chi connectivity index (χ1) is 6.92. The van der Waals surface area contributed by atoms with Crippen molar-refractivity contribution in [3.8, 4) is 0 Å². The molecule has 3 nitrogen and oxygen atoms in total. The molecule has 0 saturated carbocycles. The van der Waals surface area contributed by atoms with Gasteiger partial charge in [0.15, 0.2) is 0 Å². The number of aliphatic hydroxyl groups is 1. The molecule has 0 radical (unpaired) electrons. The van der Waals surface area contributed by atoms with Crippen molar-refractivity contribution in [2.75, 3.05) is 18.1 Å². The van der Waals surface area contributed by atoms with E-state index in [0.717, 1.165) is 24.3 Å². The number of hydrogen-bond donors (Lipinski definition) is 2. The van der Waals surface area contributed by atoms with Gasteiger partial charge in [-0.15, -0.1) is 0 Å². The van der Waals surface area contributed by atoms with Crippen molar-refractivity contribution in [2.24, 2.45) is 5.92 Å². The highest BCUT2D eigenvalue weighted by Gasteiger charge is 2.26. The molecule has 15 heavy (non-hydrogen) atoms. The van der Waals surface area contributed by atoms with Crippen molar-refractivity contribution in [3.05, 3.63) is 0 Å². The minimum Gasteiger partial charge on any atom is -0.389 e. The Kier molecular flexibility index (Phi) is 4.74. The Morgan fingerprint density at radius 3 is 2.47 bits per heavy atom. The van der Waals surface area contributed by atoms with Gasteiger partial charge in [0.1, 0.15) is 0 Å². The van der Waals surface area contributed by atoms with Crippen molar-refractivity contribution in [3.63, 3.8) is 0 Å². The van der Waals surface area contributed by atoms with Crippen LogP contribution in [0.2, 0.25) is 0 Å². The van der Waals surface area contributed by atoms with Gasteiger partial charge < -0.3 is 10.4 Å². The second-order valence-electron chi connectivity index (χ2n) is 5.02. The monoisotopic (exact) mass is 233 g/mol. The lowest BCUT2D eigenvalue weighted by molar-refractivity contribution is 0.0116. The van der Waals surface area contributed by atoms with Gasteiger partial charge in [-0.05, 0) is 25.7 Å². The molecule has 2 N–H and O–H groups in total. The van der Waals surface area contributed by atoms with E-state index in [0.29, 0.717) is 12.6 Å². The van der Waals surface area contributed by atoms with Crippen LogP contribution in [0.15, 0.2) is 0 Å². The summed E-state index contributed by atoms with van der Waals surface area (Å²) in [7, 11) is -0.597. The fraction of sp³-hybridized carbons (Fsp3) is 1.00. The fourth-order valence-electron chi connectivity index (χ4n) is 1.55. The first kappa shape index (κ1) is 13.1. The van der Waals surface area contributed by atoms with Gasteiger partial charge in [0.05, 0.1) is 5.60 Å². The van der Waals surface area contributed by atoms with Crippen LogP contribution in [0.25, 0.3) is 0 Å². The minimum absolute atomic E-state index is 0.253. The third-order valence-electron chi connectivity index (χ3n) is 3.38. The van der Waals surface area contributed by atoms with Crippen LogP contribution < -0.4 is 5.32 Å². The first-order valence-corrected chi connectivity index (χ1v) is 7.21. The van der Waals surface area contributed by atoms with Crippen LogP contribution in [0, 0.1) is 5.92 Å². The molecule has 0 aromatic heterocycles. The van der Waals surface area contributed by atoms with Crippen LogP contribution in [-0.2, 0) is 10.8 Å². The summed E-state index contributed by atoms with van der Waals surface area (Å²) in [5, 5.41) is 13.4. The summed E-state index contributed by atoms with van der Waals surface area (Å²) in [6, 6.07) is 0.438. The number of rotatable bonds is 4. The second-order valence-corrected chi connectivity index (χ2v) is 6.71. The molecule has 1 rings (SSSR count). The maximum atomic E-state index is 11.2. The Balaban J connectivity index is 2.28. The van der Waals surface area contributed by atoms with E-state index in [1.165, 1.54) is 0 Å². The zero-order valence-corrected chi connectivity index (χ0v) is 10.8. The third-order valence-corrected chi connectivity index (χ3v) is 4.76. The van der Waals surface area contributed by atoms with Gasteiger partial charge in [0.2, 0.25) is 0 Å². The topological polar surface area (TPSA) is 49.3 Å². The van der Waals surface area contributed by atoms with Gasteiger partial charge in [0, 0.05) is 34.9 Å². The van der Waals surface area contributed by atoms with Crippen molar-refractivity contribution in [2.45, 2.75) is 45.3 Å². The summed E-state index contributed by atoms with van der Waals surface area (Å²) < 4.78 is 11.2. The summed E-state index contributed by atoms with van der Waals surface area (Å²) in [6.07, 6.45) is 1.95. The maximum absolute atomic E-state index is 11.2. The summed E-state index contributed by atoms with van der Waals surface area (Å²) in [6.45, 7) is 6.54. The SMILES string of the molecule is CC(C)C(C)(O)CNC1CCS(=O)CC1. The normalized spacial score (nSPS) is 31.5. The maximum Gasteiger partial charge on any atom is 0.0766 e. The molecule has 0 aromatic carbocycles. The van der Waals surface area contributed by atoms with Crippen molar-refractivity contribution in [1.29, 1.82) is 0 Å². The largest absolute Gasteiger partial charge is 0.389 e. The molecule has 0 bridgehead atoms. The van der Waals surface area contributed by atoms with Gasteiger partial charge in [0.25, 0.3) is 0 Å². The zero-order valence-electron chi connectivity index (χ0n) is 9.95. The molecule has 0 amide bonds. The Hall–Kier alpha value is 0.0700. The quantitative estimate of drug-likeness (QED) is 0.758. The lowest BCUT2D eigenvalue weighted by Crippen LogP contribution is -2.47. The third kappa shape index (κ3) is 4.21. The molecule has 1 aliphatic heterocycles. The van der Waals surface area contributed by atoms with Gasteiger partial charge in [-0.25, -0.2) is 0 Å². The smallest absolute Gasteiger partial charge is 0.0766 e. The lowest BCUT2D eigenvalue weighted by Gasteiger charge is -2.31. The summed E-state index contributed by atoms with van der Waals surface area (Å²) in [4.78, 5) is 0. The van der Waals surface area contributed by atoms with E-state index in [9.17, 15) is 9.32 Å². The number of nitrogens with one attached hydrogen (secondary N) is 1. The van der Waals surface area contributed by atoms with E-state index in [2.05, 4.69) is 5.32 Å². The molecule has 1 heterocycles. The molecule has 4 heteroatoms. The van der Waals surface area contributed by atoms with E-state index in [-0.39, 0.29) is 5.92 Å². The van der Waals surface area contributed by atoms with Crippen LogP contribution >= 0.6 is 0 Å². The predicted molar refractivity (Wildman–Crippen MR) is 64.4 cm³/mol. The Morgan fingerprint density at radius 1 is 1.47 bits per heavy atom. The molecular weight excluding hydrogens is 210 g/mol. The van der Waals surface area contributed by atoms with Crippen LogP contribution in [0.3, 0.4) is 0 Å². The van der Waals surface area contributed by atoms with Gasteiger partial charge >= 0.3 is 0 Å². The summed E-state index contributed by atoms with van der Waals surface area (Å²) in [5.41, 5.74) is -0.642. The van der Waals surface area contributed by atoms with E-state index < -0.39 is 16.4 Å². The van der Waals surface area contributed by atoms with Crippen molar-refractivity contribution in [1.82, 2.24) is 5.32 Å². The van der Waals surface area contributed by atoms with Gasteiger partial charge in [-0.2, -0.15) is 0 Å². The Labute approximate surface area is 95.1 Å². The molecule has 0 spiro atoms. The van der Waals surface area contributed by atoms with E-state index in [4.69, 9.17) is 0 Å². The predicted octanol–water partition coefficient (Wildman–Crippen LogP) is 0.894. The second kappa shape index (κ2) is 5.41. The highest BCUT2D eigenvalue weighted by Crippen LogP contribution is 2.16. The lowest BCUT2D eigenvalue weighted by atomic mass is 9.92. The van der Waals surface area contributed by atoms with E-state index >= 15 is 0 Å². The summed E-state index contributed by atoms with van der Waals surface area (Å²) in [5.74, 6) is 1.87. The fourth-order valence-corrected chi connectivity index (χ4v) is 2.85. The van der Waals surface area contributed by atoms with E-state index in [1.807, 2.05) is 20.8 Å². The molecule has 1 unspecified atom stereocenters. The van der Waals surface area contributed by atoms with Crippen LogP contribution in [0.5, 0.6) is 0 Å². The van der Waals surface area contributed by atoms with E-state index in [1.54, 1.807) is 0 Å². The minimum atomic E-state index is -0.642. The van der Waals surface area contributed by atoms with Crippen molar-refractivity contribution >= 4 is 10.8 Å². The van der Waals surface area contributed by atoms with Crippen molar-refractivity contribution < 1.29 is 9.32 Å². The Bertz CT molecular complexity index is 219. The molecular formula is C11H23NO2S. The number of hydrogen-bond acceptors (Lipinski definition) is 3. The molecule has 1 aliphatic rings. The molecule has 1 fully saturated rings. The van der Waals surface area contributed by atoms with Gasteiger partial charge in [-0.1, -0.05) is 13.8 Å². The van der Waals surface area contributed by atoms with Crippen LogP contribution in [0.1, 0.15) is 33.6 Å². The van der Waals surface area contributed by atoms with Crippen LogP contribution in [-0.4, -0.2) is 39.0 Å². The Morgan fingerprint density at radius 2 is 2.00 bits per heavy atom. The highest BCUT2D eigenvalue weighted by atomic mass is 32.2. The standard InChI is InChI=1S/C11H23NO2S/c1-9(2)11(3,13)8-12-10-4-6-15(14)7-5-10/h9-10,12-13H,4-8H2,1-3H3. The zero-order chi connectivity index (χ0) is 11.5. The molecule has 0 aliphatic carbocycles. The average molecular weight is 233 g/mol. The van der Waals surface area contributed by atoms with Crippen LogP contribution in [0.4, 0.5) is 0 Å². The van der Waals surface area contributed by atoms with Gasteiger partial charge in [-0.3, -0.25) is 4.21 Å². The molecule has 1 saturated heterocycles. The molecule has 0 aromatic rings. The highest BCUT2D eigenvalue weighted by molar-refractivity contribution is 7.85. The summed E-state index contributed by atoms with van der Waals surface area (Å²) >= 11 is 0. The molecule has 1 atom stereocenters. The average Bonchev–Trinajstić information content (AvgIpc) is 2.17.